The van der Waals surface area contributed by atoms with Crippen molar-refractivity contribution in [2.24, 2.45) is 5.92 Å². The van der Waals surface area contributed by atoms with Crippen LogP contribution in [0, 0.1) is 5.92 Å². The summed E-state index contributed by atoms with van der Waals surface area (Å²) in [6.45, 7) is 9.91. The fraction of sp³-hybridized carbons (Fsp3) is 0.419. The molecule has 1 N–H and O–H groups in total. The standard InChI is InChI=1S/C31H37N7O4/c1-20(39)37-12-10-21(11-13-37)18-42-27-15-25-24(14-26(27)41-5)30(33-19-32-25)22-6-8-23(9-7-22)34-29(40)17-38-16-28(35-36-38)31(2,3)4/h6-9,14-16,19,21H,10-13,17-18H2,1-5H3,(H,34,40). The molecule has 0 spiro atoms. The Bertz CT molecular complexity index is 1570. The first-order chi connectivity index (χ1) is 20.1. The van der Waals surface area contributed by atoms with Gasteiger partial charge in [-0.05, 0) is 37.0 Å². The fourth-order valence-corrected chi connectivity index (χ4v) is 4.97. The highest BCUT2D eigenvalue weighted by atomic mass is 16.5. The predicted octanol–water partition coefficient (Wildman–Crippen LogP) is 4.47. The number of hydrogen-bond acceptors (Lipinski definition) is 8. The minimum atomic E-state index is -0.192. The van der Waals surface area contributed by atoms with E-state index in [1.165, 1.54) is 6.33 Å². The lowest BCUT2D eigenvalue weighted by atomic mass is 9.93. The van der Waals surface area contributed by atoms with Crippen LogP contribution < -0.4 is 14.8 Å². The number of methoxy groups -OCH3 is 1. The van der Waals surface area contributed by atoms with Crippen molar-refractivity contribution in [2.75, 3.05) is 32.1 Å². The second-order valence-electron chi connectivity index (χ2n) is 11.7. The van der Waals surface area contributed by atoms with E-state index in [0.717, 1.165) is 53.8 Å². The van der Waals surface area contributed by atoms with Gasteiger partial charge in [0.25, 0.3) is 0 Å². The number of nitrogens with zero attached hydrogens (tertiary/aromatic N) is 6. The molecule has 2 aromatic carbocycles. The first-order valence-corrected chi connectivity index (χ1v) is 14.1. The number of carbonyl (C=O) groups is 2. The van der Waals surface area contributed by atoms with Crippen LogP contribution in [0.5, 0.6) is 11.5 Å². The van der Waals surface area contributed by atoms with Gasteiger partial charge < -0.3 is 19.7 Å². The highest BCUT2D eigenvalue weighted by molar-refractivity contribution is 5.95. The van der Waals surface area contributed by atoms with Crippen molar-refractivity contribution in [3.05, 3.63) is 54.6 Å². The smallest absolute Gasteiger partial charge is 0.246 e. The SMILES string of the molecule is COc1cc2c(-c3ccc(NC(=O)Cn4cc(C(C)(C)C)nn4)cc3)ncnc2cc1OCC1CCN(C(C)=O)CC1. The molecule has 3 heterocycles. The Hall–Kier alpha value is -4.54. The number of amides is 2. The maximum absolute atomic E-state index is 12.6. The third kappa shape index (κ3) is 6.67. The largest absolute Gasteiger partial charge is 0.493 e. The summed E-state index contributed by atoms with van der Waals surface area (Å²) in [5, 5.41) is 12.0. The summed E-state index contributed by atoms with van der Waals surface area (Å²) in [6, 6.07) is 11.3. The van der Waals surface area contributed by atoms with E-state index in [4.69, 9.17) is 9.47 Å². The number of anilines is 1. The number of benzene rings is 2. The summed E-state index contributed by atoms with van der Waals surface area (Å²) in [7, 11) is 1.61. The van der Waals surface area contributed by atoms with E-state index in [2.05, 4.69) is 46.4 Å². The number of hydrogen-bond donors (Lipinski definition) is 1. The summed E-state index contributed by atoms with van der Waals surface area (Å²) >= 11 is 0. The molecule has 11 heteroatoms. The molecule has 1 fully saturated rings. The van der Waals surface area contributed by atoms with E-state index in [1.807, 2.05) is 41.3 Å². The monoisotopic (exact) mass is 571 g/mol. The lowest BCUT2D eigenvalue weighted by Gasteiger charge is -2.31. The number of nitrogens with one attached hydrogen (secondary N) is 1. The van der Waals surface area contributed by atoms with Gasteiger partial charge in [-0.25, -0.2) is 14.6 Å². The molecule has 42 heavy (non-hydrogen) atoms. The summed E-state index contributed by atoms with van der Waals surface area (Å²) in [5.74, 6) is 1.54. The van der Waals surface area contributed by atoms with Gasteiger partial charge in [-0.3, -0.25) is 9.59 Å². The van der Waals surface area contributed by atoms with Crippen LogP contribution in [0.2, 0.25) is 0 Å². The minimum Gasteiger partial charge on any atom is -0.493 e. The van der Waals surface area contributed by atoms with E-state index in [9.17, 15) is 9.59 Å². The second kappa shape index (κ2) is 12.1. The van der Waals surface area contributed by atoms with Gasteiger partial charge in [-0.2, -0.15) is 0 Å². The van der Waals surface area contributed by atoms with Crippen LogP contribution >= 0.6 is 0 Å². The molecule has 0 saturated carbocycles. The van der Waals surface area contributed by atoms with Crippen molar-refractivity contribution < 1.29 is 19.1 Å². The number of rotatable bonds is 8. The normalized spacial score (nSPS) is 14.2. The van der Waals surface area contributed by atoms with Gasteiger partial charge in [0.1, 0.15) is 12.9 Å². The van der Waals surface area contributed by atoms with Crippen LogP contribution in [-0.4, -0.2) is 68.5 Å². The van der Waals surface area contributed by atoms with E-state index in [-0.39, 0.29) is 23.8 Å². The zero-order chi connectivity index (χ0) is 29.9. The fourth-order valence-electron chi connectivity index (χ4n) is 4.97. The average Bonchev–Trinajstić information content (AvgIpc) is 3.45. The third-order valence-electron chi connectivity index (χ3n) is 7.51. The number of carbonyl (C=O) groups excluding carboxylic acids is 2. The Balaban J connectivity index is 1.26. The Morgan fingerprint density at radius 2 is 1.79 bits per heavy atom. The minimum absolute atomic E-state index is 0.0726. The van der Waals surface area contributed by atoms with E-state index in [1.54, 1.807) is 24.9 Å². The molecule has 1 aliphatic heterocycles. The van der Waals surface area contributed by atoms with Crippen LogP contribution in [0.25, 0.3) is 22.2 Å². The van der Waals surface area contributed by atoms with E-state index >= 15 is 0 Å². The van der Waals surface area contributed by atoms with E-state index in [0.29, 0.717) is 29.7 Å². The summed E-state index contributed by atoms with van der Waals surface area (Å²) in [4.78, 5) is 35.1. The number of ether oxygens (including phenoxy) is 2. The Kier molecular flexibility index (Phi) is 8.37. The third-order valence-corrected chi connectivity index (χ3v) is 7.51. The molecule has 0 atom stereocenters. The van der Waals surface area contributed by atoms with Gasteiger partial charge in [0, 0.05) is 54.3 Å². The van der Waals surface area contributed by atoms with Gasteiger partial charge >= 0.3 is 0 Å². The number of piperidine rings is 1. The zero-order valence-electron chi connectivity index (χ0n) is 24.8. The molecule has 0 unspecified atom stereocenters. The van der Waals surface area contributed by atoms with Crippen LogP contribution in [0.1, 0.15) is 46.2 Å². The highest BCUT2D eigenvalue weighted by Crippen LogP contribution is 2.36. The second-order valence-corrected chi connectivity index (χ2v) is 11.7. The van der Waals surface area contributed by atoms with Gasteiger partial charge in [0.05, 0.1) is 30.6 Å². The lowest BCUT2D eigenvalue weighted by molar-refractivity contribution is -0.130. The summed E-state index contributed by atoms with van der Waals surface area (Å²) in [5.41, 5.74) is 3.72. The molecule has 1 aliphatic rings. The molecule has 11 nitrogen and oxygen atoms in total. The summed E-state index contributed by atoms with van der Waals surface area (Å²) in [6.07, 6.45) is 5.16. The maximum atomic E-state index is 12.6. The average molecular weight is 572 g/mol. The predicted molar refractivity (Wildman–Crippen MR) is 159 cm³/mol. The lowest BCUT2D eigenvalue weighted by Crippen LogP contribution is -2.38. The van der Waals surface area contributed by atoms with Crippen LogP contribution in [0.4, 0.5) is 5.69 Å². The first-order valence-electron chi connectivity index (χ1n) is 14.1. The molecule has 1 saturated heterocycles. The summed E-state index contributed by atoms with van der Waals surface area (Å²) < 4.78 is 13.4. The van der Waals surface area contributed by atoms with Crippen molar-refractivity contribution in [3.8, 4) is 22.8 Å². The van der Waals surface area contributed by atoms with Crippen LogP contribution in [0.3, 0.4) is 0 Å². The Labute approximate surface area is 245 Å². The Morgan fingerprint density at radius 1 is 1.05 bits per heavy atom. The van der Waals surface area contributed by atoms with Gasteiger partial charge in [-0.15, -0.1) is 5.10 Å². The van der Waals surface area contributed by atoms with Gasteiger partial charge in [0.15, 0.2) is 11.5 Å². The number of aromatic nitrogens is 5. The van der Waals surface area contributed by atoms with Crippen molar-refractivity contribution in [1.29, 1.82) is 0 Å². The van der Waals surface area contributed by atoms with Crippen LogP contribution in [-0.2, 0) is 21.5 Å². The Morgan fingerprint density at radius 3 is 2.43 bits per heavy atom. The molecule has 5 rings (SSSR count). The van der Waals surface area contributed by atoms with Gasteiger partial charge in [-0.1, -0.05) is 38.1 Å². The van der Waals surface area contributed by atoms with Crippen molar-refractivity contribution in [2.45, 2.75) is 52.5 Å². The molecule has 0 radical (unpaired) electrons. The molecule has 0 bridgehead atoms. The molecule has 220 valence electrons. The quantitative estimate of drug-likeness (QED) is 0.329. The molecule has 2 amide bonds. The van der Waals surface area contributed by atoms with Gasteiger partial charge in [0.2, 0.25) is 11.8 Å². The maximum Gasteiger partial charge on any atom is 0.246 e. The van der Waals surface area contributed by atoms with E-state index < -0.39 is 0 Å². The molecule has 0 aliphatic carbocycles. The molecular formula is C31H37N7O4. The topological polar surface area (TPSA) is 124 Å². The van der Waals surface area contributed by atoms with Crippen LogP contribution in [0.15, 0.2) is 48.9 Å². The number of likely N-dealkylation sites (tertiary alicyclic amines) is 1. The van der Waals surface area contributed by atoms with Crippen molar-refractivity contribution >= 4 is 28.4 Å². The zero-order valence-corrected chi connectivity index (χ0v) is 24.8. The highest BCUT2D eigenvalue weighted by Gasteiger charge is 2.22. The van der Waals surface area contributed by atoms with Crippen molar-refractivity contribution in [1.82, 2.24) is 29.9 Å². The molecular weight excluding hydrogens is 534 g/mol. The van der Waals surface area contributed by atoms with Crippen molar-refractivity contribution in [3.63, 3.8) is 0 Å². The molecule has 4 aromatic rings. The first kappa shape index (κ1) is 29.0. The molecule has 2 aromatic heterocycles. The number of fused-ring (bicyclic) bond motifs is 1.